The van der Waals surface area contributed by atoms with E-state index in [1.165, 1.54) is 28.6 Å². The van der Waals surface area contributed by atoms with Crippen molar-refractivity contribution in [1.29, 1.82) is 10.5 Å². The number of nitriles is 2. The summed E-state index contributed by atoms with van der Waals surface area (Å²) in [4.78, 5) is 9.68. The van der Waals surface area contributed by atoms with Crippen molar-refractivity contribution in [3.8, 4) is 12.1 Å². The van der Waals surface area contributed by atoms with E-state index in [0.29, 0.717) is 29.8 Å². The molecule has 8 nitrogen and oxygen atoms in total. The van der Waals surface area contributed by atoms with E-state index in [9.17, 15) is 8.42 Å². The number of nitrogens with zero attached hydrogens (tertiary/aromatic N) is 4. The highest BCUT2D eigenvalue weighted by Crippen LogP contribution is 2.20. The molecule has 0 atom stereocenters. The van der Waals surface area contributed by atoms with Crippen molar-refractivity contribution < 1.29 is 13.3 Å². The Bertz CT molecular complexity index is 1070. The summed E-state index contributed by atoms with van der Waals surface area (Å²) in [7, 11) is -3.61. The van der Waals surface area contributed by atoms with Crippen molar-refractivity contribution in [2.75, 3.05) is 13.1 Å². The van der Waals surface area contributed by atoms with Gasteiger partial charge in [-0.15, -0.1) is 0 Å². The van der Waals surface area contributed by atoms with Crippen LogP contribution in [0.1, 0.15) is 23.2 Å². The molecule has 2 heterocycles. The van der Waals surface area contributed by atoms with Crippen LogP contribution in [0.5, 0.6) is 0 Å². The van der Waals surface area contributed by atoms with Crippen LogP contribution in [0.4, 0.5) is 0 Å². The van der Waals surface area contributed by atoms with Gasteiger partial charge in [-0.2, -0.15) is 14.8 Å². The van der Waals surface area contributed by atoms with Gasteiger partial charge in [-0.05, 0) is 42.5 Å². The molecule has 0 saturated heterocycles. The molecule has 0 unspecified atom stereocenters. The van der Waals surface area contributed by atoms with E-state index >= 15 is 0 Å². The molecule has 1 N–H and O–H groups in total. The summed E-state index contributed by atoms with van der Waals surface area (Å²) in [6.45, 7) is 0.711. The van der Waals surface area contributed by atoms with Crippen LogP contribution in [0.2, 0.25) is 0 Å². The molecule has 2 aromatic rings. The zero-order valence-electron chi connectivity index (χ0n) is 14.9. The molecule has 9 heteroatoms. The Morgan fingerprint density at radius 3 is 2.54 bits per heavy atom. The monoisotopic (exact) mass is 395 g/mol. The smallest absolute Gasteiger partial charge is 0.243 e. The quantitative estimate of drug-likeness (QED) is 0.741. The van der Waals surface area contributed by atoms with E-state index in [0.717, 1.165) is 5.70 Å². The van der Waals surface area contributed by atoms with Gasteiger partial charge in [0.2, 0.25) is 10.0 Å². The zero-order chi connectivity index (χ0) is 20.0. The SMILES string of the molecule is N#Cc1ccc(S(=O)(=O)N2CC=C(NOCc3cc(C#N)ccn3)CC2)cc1. The van der Waals surface area contributed by atoms with E-state index in [-0.39, 0.29) is 18.0 Å². The predicted octanol–water partition coefficient (Wildman–Crippen LogP) is 1.82. The van der Waals surface area contributed by atoms with Gasteiger partial charge in [0.1, 0.15) is 6.61 Å². The van der Waals surface area contributed by atoms with Crippen molar-refractivity contribution in [3.05, 3.63) is 71.2 Å². The molecule has 142 valence electrons. The average Bonchev–Trinajstić information content (AvgIpc) is 2.74. The topological polar surface area (TPSA) is 119 Å². The Kier molecular flexibility index (Phi) is 6.02. The molecule has 1 aromatic heterocycles. The molecule has 1 aliphatic heterocycles. The van der Waals surface area contributed by atoms with Gasteiger partial charge in [-0.1, -0.05) is 0 Å². The van der Waals surface area contributed by atoms with Gasteiger partial charge in [-0.25, -0.2) is 8.42 Å². The minimum Gasteiger partial charge on any atom is -0.271 e. The maximum absolute atomic E-state index is 12.7. The minimum atomic E-state index is -3.61. The second-order valence-electron chi connectivity index (χ2n) is 6.02. The Morgan fingerprint density at radius 2 is 1.89 bits per heavy atom. The van der Waals surface area contributed by atoms with E-state index in [1.54, 1.807) is 24.4 Å². The summed E-state index contributed by atoms with van der Waals surface area (Å²) in [5.74, 6) is 0. The van der Waals surface area contributed by atoms with Crippen LogP contribution in [-0.4, -0.2) is 30.8 Å². The van der Waals surface area contributed by atoms with Crippen LogP contribution in [0, 0.1) is 22.7 Å². The number of pyridine rings is 1. The van der Waals surface area contributed by atoms with Crippen LogP contribution in [0.3, 0.4) is 0 Å². The lowest BCUT2D eigenvalue weighted by molar-refractivity contribution is 0.0433. The second kappa shape index (κ2) is 8.63. The third-order valence-electron chi connectivity index (χ3n) is 4.16. The minimum absolute atomic E-state index is 0.163. The predicted molar refractivity (Wildman–Crippen MR) is 99.5 cm³/mol. The van der Waals surface area contributed by atoms with Crippen molar-refractivity contribution in [1.82, 2.24) is 14.8 Å². The molecule has 0 radical (unpaired) electrons. The fraction of sp³-hybridized carbons (Fsp3) is 0.211. The summed E-state index contributed by atoms with van der Waals surface area (Å²) >= 11 is 0. The highest BCUT2D eigenvalue weighted by Gasteiger charge is 2.26. The lowest BCUT2D eigenvalue weighted by Crippen LogP contribution is -2.36. The zero-order valence-corrected chi connectivity index (χ0v) is 15.7. The third-order valence-corrected chi connectivity index (χ3v) is 6.04. The van der Waals surface area contributed by atoms with E-state index < -0.39 is 10.0 Å². The molecule has 1 aromatic carbocycles. The first-order chi connectivity index (χ1) is 13.5. The molecule has 0 aliphatic carbocycles. The van der Waals surface area contributed by atoms with Gasteiger partial charge in [0.25, 0.3) is 0 Å². The summed E-state index contributed by atoms with van der Waals surface area (Å²) in [5.41, 5.74) is 5.14. The second-order valence-corrected chi connectivity index (χ2v) is 7.95. The molecule has 0 fully saturated rings. The van der Waals surface area contributed by atoms with Gasteiger partial charge in [0.05, 0.1) is 33.9 Å². The summed E-state index contributed by atoms with van der Waals surface area (Å²) < 4.78 is 26.7. The number of benzene rings is 1. The fourth-order valence-electron chi connectivity index (χ4n) is 2.64. The number of hydroxylamine groups is 1. The first kappa shape index (κ1) is 19.5. The van der Waals surface area contributed by atoms with Crippen LogP contribution in [0.15, 0.2) is 59.3 Å². The van der Waals surface area contributed by atoms with E-state index in [2.05, 4.69) is 10.5 Å². The first-order valence-electron chi connectivity index (χ1n) is 8.45. The Morgan fingerprint density at radius 1 is 1.14 bits per heavy atom. The normalized spacial score (nSPS) is 14.6. The summed E-state index contributed by atoms with van der Waals surface area (Å²) in [6.07, 6.45) is 3.77. The lowest BCUT2D eigenvalue weighted by atomic mass is 10.2. The fourth-order valence-corrected chi connectivity index (χ4v) is 4.02. The van der Waals surface area contributed by atoms with Gasteiger partial charge in [0, 0.05) is 31.4 Å². The van der Waals surface area contributed by atoms with Crippen molar-refractivity contribution in [2.45, 2.75) is 17.9 Å². The number of nitrogens with one attached hydrogen (secondary N) is 1. The van der Waals surface area contributed by atoms with Gasteiger partial charge in [0.15, 0.2) is 0 Å². The number of aromatic nitrogens is 1. The number of hydrogen-bond donors (Lipinski definition) is 1. The van der Waals surface area contributed by atoms with Crippen LogP contribution >= 0.6 is 0 Å². The number of rotatable bonds is 6. The van der Waals surface area contributed by atoms with Gasteiger partial charge in [-0.3, -0.25) is 15.3 Å². The molecule has 0 bridgehead atoms. The van der Waals surface area contributed by atoms with Crippen molar-refractivity contribution in [2.24, 2.45) is 0 Å². The van der Waals surface area contributed by atoms with Crippen LogP contribution < -0.4 is 5.48 Å². The summed E-state index contributed by atoms with van der Waals surface area (Å²) in [6, 6.07) is 13.1. The first-order valence-corrected chi connectivity index (χ1v) is 9.89. The highest BCUT2D eigenvalue weighted by molar-refractivity contribution is 7.89. The Hall–Kier alpha value is -3.24. The number of sulfonamides is 1. The Labute approximate surface area is 163 Å². The Balaban J connectivity index is 1.56. The van der Waals surface area contributed by atoms with E-state index in [1.807, 2.05) is 12.1 Å². The van der Waals surface area contributed by atoms with Crippen molar-refractivity contribution in [3.63, 3.8) is 0 Å². The molecule has 1 aliphatic rings. The molecular weight excluding hydrogens is 378 g/mol. The van der Waals surface area contributed by atoms with Crippen LogP contribution in [-0.2, 0) is 21.5 Å². The molecule has 3 rings (SSSR count). The standard InChI is InChI=1S/C19H17N5O3S/c20-12-15-1-3-19(4-2-15)28(25,26)24-9-6-17(7-10-24)23-27-14-18-11-16(13-21)5-8-22-18/h1-6,8,11,23H,7,9-10,14H2. The number of hydrogen-bond acceptors (Lipinski definition) is 7. The molecular formula is C19H17N5O3S. The maximum Gasteiger partial charge on any atom is 0.243 e. The van der Waals surface area contributed by atoms with Crippen LogP contribution in [0.25, 0.3) is 0 Å². The third kappa shape index (κ3) is 4.53. The van der Waals surface area contributed by atoms with Gasteiger partial charge < -0.3 is 0 Å². The molecule has 0 amide bonds. The van der Waals surface area contributed by atoms with Gasteiger partial charge >= 0.3 is 0 Å². The van der Waals surface area contributed by atoms with Crippen molar-refractivity contribution >= 4 is 10.0 Å². The molecule has 28 heavy (non-hydrogen) atoms. The highest BCUT2D eigenvalue weighted by atomic mass is 32.2. The maximum atomic E-state index is 12.7. The lowest BCUT2D eigenvalue weighted by Gasteiger charge is -2.26. The summed E-state index contributed by atoms with van der Waals surface area (Å²) in [5, 5.41) is 17.7. The average molecular weight is 395 g/mol. The molecule has 0 spiro atoms. The largest absolute Gasteiger partial charge is 0.271 e. The molecule has 0 saturated carbocycles. The van der Waals surface area contributed by atoms with E-state index in [4.69, 9.17) is 15.4 Å².